The van der Waals surface area contributed by atoms with E-state index >= 15 is 0 Å². The molecule has 2 rings (SSSR count). The first-order valence-corrected chi connectivity index (χ1v) is 8.22. The Bertz CT molecular complexity index is 546. The van der Waals surface area contributed by atoms with Gasteiger partial charge < -0.3 is 16.0 Å². The quantitative estimate of drug-likeness (QED) is 0.706. The standard InChI is InChI=1S/C18H25N3O2/c1-19-13-5-8-17(22)20-16-11-9-14(10-12-16)18(23)21-15-6-3-2-4-7-15/h5,8-12,15,19H,2-4,6-7,13H2,1H3,(H,20,22)(H,21,23)/b8-5+. The fraction of sp³-hybridized carbons (Fsp3) is 0.444. The molecule has 124 valence electrons. The van der Waals surface area contributed by atoms with Crippen LogP contribution in [0, 0.1) is 0 Å². The molecule has 0 aliphatic heterocycles. The number of nitrogens with one attached hydrogen (secondary N) is 3. The van der Waals surface area contributed by atoms with Crippen molar-refractivity contribution in [3.63, 3.8) is 0 Å². The number of hydrogen-bond donors (Lipinski definition) is 3. The predicted octanol–water partition coefficient (Wildman–Crippen LogP) is 2.46. The zero-order chi connectivity index (χ0) is 16.5. The van der Waals surface area contributed by atoms with Crippen molar-refractivity contribution in [3.05, 3.63) is 42.0 Å². The van der Waals surface area contributed by atoms with E-state index in [1.807, 2.05) is 7.05 Å². The summed E-state index contributed by atoms with van der Waals surface area (Å²) in [5.74, 6) is -0.219. The van der Waals surface area contributed by atoms with Crippen LogP contribution in [0.15, 0.2) is 36.4 Å². The van der Waals surface area contributed by atoms with Gasteiger partial charge in [-0.25, -0.2) is 0 Å². The molecule has 1 fully saturated rings. The Hall–Kier alpha value is -2.14. The van der Waals surface area contributed by atoms with Crippen molar-refractivity contribution in [1.82, 2.24) is 10.6 Å². The van der Waals surface area contributed by atoms with Crippen LogP contribution in [-0.4, -0.2) is 31.4 Å². The third-order valence-corrected chi connectivity index (χ3v) is 3.95. The maximum absolute atomic E-state index is 12.2. The topological polar surface area (TPSA) is 70.2 Å². The van der Waals surface area contributed by atoms with Crippen LogP contribution in [0.1, 0.15) is 42.5 Å². The molecule has 0 radical (unpaired) electrons. The van der Waals surface area contributed by atoms with Crippen LogP contribution in [-0.2, 0) is 4.79 Å². The fourth-order valence-electron chi connectivity index (χ4n) is 2.69. The molecule has 1 aromatic carbocycles. The molecular weight excluding hydrogens is 290 g/mol. The van der Waals surface area contributed by atoms with Crippen LogP contribution in [0.2, 0.25) is 0 Å². The molecule has 1 aliphatic carbocycles. The number of anilines is 1. The fourth-order valence-corrected chi connectivity index (χ4v) is 2.69. The summed E-state index contributed by atoms with van der Waals surface area (Å²) in [5, 5.41) is 8.78. The van der Waals surface area contributed by atoms with E-state index in [9.17, 15) is 9.59 Å². The Morgan fingerprint density at radius 2 is 1.83 bits per heavy atom. The molecule has 1 aromatic rings. The molecule has 0 bridgehead atoms. The van der Waals surface area contributed by atoms with Crippen molar-refractivity contribution in [2.45, 2.75) is 38.1 Å². The Kier molecular flexibility index (Phi) is 6.81. The third-order valence-electron chi connectivity index (χ3n) is 3.95. The van der Waals surface area contributed by atoms with Crippen molar-refractivity contribution in [2.24, 2.45) is 0 Å². The minimum Gasteiger partial charge on any atom is -0.349 e. The Morgan fingerprint density at radius 3 is 2.48 bits per heavy atom. The minimum absolute atomic E-state index is 0.0382. The van der Waals surface area contributed by atoms with E-state index in [2.05, 4.69) is 16.0 Å². The third kappa shape index (κ3) is 5.87. The lowest BCUT2D eigenvalue weighted by atomic mass is 9.95. The van der Waals surface area contributed by atoms with Crippen molar-refractivity contribution >= 4 is 17.5 Å². The zero-order valence-corrected chi connectivity index (χ0v) is 13.6. The number of amides is 2. The van der Waals surface area contributed by atoms with E-state index in [4.69, 9.17) is 0 Å². The molecule has 0 spiro atoms. The monoisotopic (exact) mass is 315 g/mol. The molecule has 0 atom stereocenters. The van der Waals surface area contributed by atoms with Crippen molar-refractivity contribution in [2.75, 3.05) is 18.9 Å². The molecule has 2 amide bonds. The second kappa shape index (κ2) is 9.10. The summed E-state index contributed by atoms with van der Waals surface area (Å²) in [6, 6.07) is 7.28. The Morgan fingerprint density at radius 1 is 1.13 bits per heavy atom. The van der Waals surface area contributed by atoms with Crippen LogP contribution < -0.4 is 16.0 Å². The molecular formula is C18H25N3O2. The van der Waals surface area contributed by atoms with Gasteiger partial charge in [-0.3, -0.25) is 9.59 Å². The highest BCUT2D eigenvalue weighted by Gasteiger charge is 2.16. The lowest BCUT2D eigenvalue weighted by Crippen LogP contribution is -2.36. The van der Waals surface area contributed by atoms with Gasteiger partial charge in [0.15, 0.2) is 0 Å². The van der Waals surface area contributed by atoms with Gasteiger partial charge in [0, 0.05) is 29.9 Å². The van der Waals surface area contributed by atoms with Gasteiger partial charge in [-0.05, 0) is 44.2 Å². The Balaban J connectivity index is 1.85. The average Bonchev–Trinajstić information content (AvgIpc) is 2.56. The summed E-state index contributed by atoms with van der Waals surface area (Å²) in [6.45, 7) is 0.647. The van der Waals surface area contributed by atoms with Gasteiger partial charge >= 0.3 is 0 Å². The number of carbonyl (C=O) groups is 2. The first kappa shape index (κ1) is 17.2. The number of rotatable bonds is 6. The second-order valence-corrected chi connectivity index (χ2v) is 5.84. The molecule has 5 nitrogen and oxygen atoms in total. The van der Waals surface area contributed by atoms with Gasteiger partial charge in [-0.15, -0.1) is 0 Å². The first-order chi connectivity index (χ1) is 11.2. The minimum atomic E-state index is -0.181. The number of hydrogen-bond acceptors (Lipinski definition) is 3. The molecule has 1 aliphatic rings. The predicted molar refractivity (Wildman–Crippen MR) is 92.5 cm³/mol. The molecule has 0 saturated heterocycles. The van der Waals surface area contributed by atoms with E-state index in [0.29, 0.717) is 23.8 Å². The second-order valence-electron chi connectivity index (χ2n) is 5.84. The number of carbonyl (C=O) groups excluding carboxylic acids is 2. The van der Waals surface area contributed by atoms with E-state index in [-0.39, 0.29) is 11.8 Å². The van der Waals surface area contributed by atoms with Gasteiger partial charge in [0.05, 0.1) is 0 Å². The van der Waals surface area contributed by atoms with Crippen LogP contribution in [0.25, 0.3) is 0 Å². The van der Waals surface area contributed by atoms with Crippen molar-refractivity contribution < 1.29 is 9.59 Å². The van der Waals surface area contributed by atoms with Crippen LogP contribution in [0.4, 0.5) is 5.69 Å². The summed E-state index contributed by atoms with van der Waals surface area (Å²) >= 11 is 0. The molecule has 23 heavy (non-hydrogen) atoms. The van der Waals surface area contributed by atoms with Gasteiger partial charge in [0.1, 0.15) is 0 Å². The van der Waals surface area contributed by atoms with Crippen molar-refractivity contribution in [1.29, 1.82) is 0 Å². The van der Waals surface area contributed by atoms with Crippen molar-refractivity contribution in [3.8, 4) is 0 Å². The van der Waals surface area contributed by atoms with E-state index in [1.165, 1.54) is 25.3 Å². The van der Waals surface area contributed by atoms with Crippen LogP contribution >= 0.6 is 0 Å². The van der Waals surface area contributed by atoms with Crippen LogP contribution in [0.5, 0.6) is 0 Å². The summed E-state index contributed by atoms with van der Waals surface area (Å²) < 4.78 is 0. The number of benzene rings is 1. The highest BCUT2D eigenvalue weighted by Crippen LogP contribution is 2.18. The smallest absolute Gasteiger partial charge is 0.251 e. The highest BCUT2D eigenvalue weighted by atomic mass is 16.2. The molecule has 5 heteroatoms. The molecule has 0 unspecified atom stereocenters. The van der Waals surface area contributed by atoms with E-state index in [0.717, 1.165) is 12.8 Å². The molecule has 0 aromatic heterocycles. The zero-order valence-electron chi connectivity index (χ0n) is 13.6. The van der Waals surface area contributed by atoms with Crippen LogP contribution in [0.3, 0.4) is 0 Å². The summed E-state index contributed by atoms with van der Waals surface area (Å²) in [7, 11) is 1.82. The van der Waals surface area contributed by atoms with E-state index in [1.54, 1.807) is 30.3 Å². The number of likely N-dealkylation sites (N-methyl/N-ethyl adjacent to an activating group) is 1. The first-order valence-electron chi connectivity index (χ1n) is 8.22. The summed E-state index contributed by atoms with van der Waals surface area (Å²) in [5.41, 5.74) is 1.30. The molecule has 0 heterocycles. The largest absolute Gasteiger partial charge is 0.349 e. The van der Waals surface area contributed by atoms with Gasteiger partial charge in [-0.1, -0.05) is 25.3 Å². The highest BCUT2D eigenvalue weighted by molar-refractivity contribution is 6.00. The van der Waals surface area contributed by atoms with Gasteiger partial charge in [0.25, 0.3) is 5.91 Å². The summed E-state index contributed by atoms with van der Waals surface area (Å²) in [4.78, 5) is 23.9. The maximum atomic E-state index is 12.2. The normalized spacial score (nSPS) is 15.5. The molecule has 1 saturated carbocycles. The SMILES string of the molecule is CNC/C=C/C(=O)Nc1ccc(C(=O)NC2CCCCC2)cc1. The van der Waals surface area contributed by atoms with E-state index < -0.39 is 0 Å². The average molecular weight is 315 g/mol. The maximum Gasteiger partial charge on any atom is 0.251 e. The lowest BCUT2D eigenvalue weighted by Gasteiger charge is -2.22. The Labute approximate surface area is 137 Å². The lowest BCUT2D eigenvalue weighted by molar-refractivity contribution is -0.111. The summed E-state index contributed by atoms with van der Waals surface area (Å²) in [6.07, 6.45) is 9.02. The molecule has 3 N–H and O–H groups in total. The van der Waals surface area contributed by atoms with Gasteiger partial charge in [-0.2, -0.15) is 0 Å². The van der Waals surface area contributed by atoms with Gasteiger partial charge in [0.2, 0.25) is 5.91 Å².